The average molecular weight is 249 g/mol. The molecule has 0 spiro atoms. The monoisotopic (exact) mass is 249 g/mol. The van der Waals surface area contributed by atoms with Crippen LogP contribution in [-0.4, -0.2) is 54.0 Å². The fraction of sp³-hybridized carbons (Fsp3) is 0.583. The Kier molecular flexibility index (Phi) is 4.60. The van der Waals surface area contributed by atoms with Gasteiger partial charge < -0.3 is 5.32 Å². The molecule has 0 aromatic carbocycles. The quantitative estimate of drug-likeness (QED) is 0.766. The molecule has 1 aromatic heterocycles. The Morgan fingerprint density at radius 1 is 1.50 bits per heavy atom. The van der Waals surface area contributed by atoms with Crippen LogP contribution >= 0.6 is 0 Å². The number of anilines is 1. The minimum absolute atomic E-state index is 0.0497. The summed E-state index contributed by atoms with van der Waals surface area (Å²) in [6.45, 7) is 3.39. The Morgan fingerprint density at radius 3 is 3.00 bits per heavy atom. The fourth-order valence-electron chi connectivity index (χ4n) is 2.24. The molecule has 1 aliphatic rings. The number of likely N-dealkylation sites (tertiary alicyclic amines) is 1. The zero-order valence-corrected chi connectivity index (χ0v) is 10.6. The van der Waals surface area contributed by atoms with Gasteiger partial charge in [-0.25, -0.2) is 9.97 Å². The molecule has 2 heterocycles. The van der Waals surface area contributed by atoms with Crippen LogP contribution in [0.2, 0.25) is 0 Å². The molecule has 2 N–H and O–H groups in total. The van der Waals surface area contributed by atoms with Crippen LogP contribution in [0.15, 0.2) is 18.5 Å². The van der Waals surface area contributed by atoms with E-state index in [1.807, 2.05) is 7.05 Å². The van der Waals surface area contributed by atoms with Gasteiger partial charge >= 0.3 is 0 Å². The van der Waals surface area contributed by atoms with E-state index in [4.69, 9.17) is 0 Å². The summed E-state index contributed by atoms with van der Waals surface area (Å²) in [4.78, 5) is 21.9. The van der Waals surface area contributed by atoms with E-state index in [2.05, 4.69) is 25.5 Å². The van der Waals surface area contributed by atoms with Gasteiger partial charge in [0.15, 0.2) is 0 Å². The number of hydrogen-bond donors (Lipinski definition) is 2. The smallest absolute Gasteiger partial charge is 0.240 e. The Morgan fingerprint density at radius 2 is 2.28 bits per heavy atom. The van der Waals surface area contributed by atoms with Gasteiger partial charge in [0.25, 0.3) is 0 Å². The van der Waals surface area contributed by atoms with Crippen LogP contribution < -0.4 is 10.6 Å². The highest BCUT2D eigenvalue weighted by atomic mass is 16.2. The van der Waals surface area contributed by atoms with E-state index in [0.717, 1.165) is 26.1 Å². The third-order valence-corrected chi connectivity index (χ3v) is 3.05. The van der Waals surface area contributed by atoms with Crippen molar-refractivity contribution in [2.75, 3.05) is 38.5 Å². The van der Waals surface area contributed by atoms with Crippen LogP contribution in [0.5, 0.6) is 0 Å². The van der Waals surface area contributed by atoms with E-state index in [0.29, 0.717) is 18.4 Å². The molecule has 6 heteroatoms. The highest BCUT2D eigenvalue weighted by molar-refractivity contribution is 5.90. The van der Waals surface area contributed by atoms with Crippen molar-refractivity contribution in [3.63, 3.8) is 0 Å². The first-order valence-corrected chi connectivity index (χ1v) is 6.21. The van der Waals surface area contributed by atoms with Crippen molar-refractivity contribution in [1.82, 2.24) is 20.2 Å². The average Bonchev–Trinajstić information content (AvgIpc) is 2.78. The fourth-order valence-corrected chi connectivity index (χ4v) is 2.24. The topological polar surface area (TPSA) is 70.2 Å². The maximum Gasteiger partial charge on any atom is 0.240 e. The van der Waals surface area contributed by atoms with E-state index >= 15 is 0 Å². The summed E-state index contributed by atoms with van der Waals surface area (Å²) >= 11 is 0. The van der Waals surface area contributed by atoms with Gasteiger partial charge in [0, 0.05) is 18.9 Å². The van der Waals surface area contributed by atoms with Gasteiger partial charge in [-0.1, -0.05) is 0 Å². The van der Waals surface area contributed by atoms with Gasteiger partial charge in [-0.05, 0) is 38.5 Å². The number of nitrogens with zero attached hydrogens (tertiary/aromatic N) is 3. The summed E-state index contributed by atoms with van der Waals surface area (Å²) in [6.07, 6.45) is 4.37. The Bertz CT molecular complexity index is 383. The lowest BCUT2D eigenvalue weighted by Crippen LogP contribution is -2.32. The molecule has 1 aliphatic heterocycles. The molecular weight excluding hydrogens is 230 g/mol. The zero-order chi connectivity index (χ0) is 12.8. The van der Waals surface area contributed by atoms with Crippen LogP contribution in [0.4, 0.5) is 5.95 Å². The van der Waals surface area contributed by atoms with Crippen molar-refractivity contribution < 1.29 is 4.79 Å². The lowest BCUT2D eigenvalue weighted by molar-refractivity contribution is -0.117. The predicted molar refractivity (Wildman–Crippen MR) is 69.1 cm³/mol. The number of carbonyl (C=O) groups excluding carboxylic acids is 1. The first-order chi connectivity index (χ1) is 8.78. The highest BCUT2D eigenvalue weighted by Crippen LogP contribution is 2.14. The SMILES string of the molecule is CNCC1CCN(CC(=O)Nc2ncccn2)C1. The molecule has 1 aromatic rings. The van der Waals surface area contributed by atoms with Gasteiger partial charge in [0.1, 0.15) is 0 Å². The standard InChI is InChI=1S/C12H19N5O/c1-13-7-10-3-6-17(8-10)9-11(18)16-12-14-4-2-5-15-12/h2,4-5,10,13H,3,6-9H2,1H3,(H,14,15,16,18). The maximum atomic E-state index is 11.8. The largest absolute Gasteiger partial charge is 0.319 e. The van der Waals surface area contributed by atoms with Crippen molar-refractivity contribution in [2.24, 2.45) is 5.92 Å². The number of nitrogens with one attached hydrogen (secondary N) is 2. The Balaban J connectivity index is 1.75. The number of carbonyl (C=O) groups is 1. The Hall–Kier alpha value is -1.53. The second-order valence-electron chi connectivity index (χ2n) is 4.57. The lowest BCUT2D eigenvalue weighted by Gasteiger charge is -2.15. The molecule has 98 valence electrons. The van der Waals surface area contributed by atoms with Crippen molar-refractivity contribution in [3.05, 3.63) is 18.5 Å². The van der Waals surface area contributed by atoms with E-state index in [1.54, 1.807) is 18.5 Å². The van der Waals surface area contributed by atoms with Crippen molar-refractivity contribution in [1.29, 1.82) is 0 Å². The van der Waals surface area contributed by atoms with E-state index in [1.165, 1.54) is 0 Å². The first kappa shape index (κ1) is 12.9. The number of rotatable bonds is 5. The van der Waals surface area contributed by atoms with Gasteiger partial charge in [0.2, 0.25) is 11.9 Å². The van der Waals surface area contributed by atoms with Crippen molar-refractivity contribution in [2.45, 2.75) is 6.42 Å². The van der Waals surface area contributed by atoms with E-state index in [-0.39, 0.29) is 5.91 Å². The molecule has 2 rings (SSSR count). The molecule has 1 unspecified atom stereocenters. The molecular formula is C12H19N5O. The summed E-state index contributed by atoms with van der Waals surface area (Å²) in [5.74, 6) is 0.968. The second kappa shape index (κ2) is 6.42. The zero-order valence-electron chi connectivity index (χ0n) is 10.6. The molecule has 0 aliphatic carbocycles. The van der Waals surface area contributed by atoms with Gasteiger partial charge in [-0.3, -0.25) is 15.0 Å². The molecule has 0 saturated carbocycles. The molecule has 1 atom stereocenters. The van der Waals surface area contributed by atoms with Crippen LogP contribution in [0.3, 0.4) is 0 Å². The molecule has 18 heavy (non-hydrogen) atoms. The maximum absolute atomic E-state index is 11.8. The van der Waals surface area contributed by atoms with Crippen molar-refractivity contribution in [3.8, 4) is 0 Å². The van der Waals surface area contributed by atoms with Gasteiger partial charge in [-0.15, -0.1) is 0 Å². The summed E-state index contributed by atoms with van der Waals surface area (Å²) in [5.41, 5.74) is 0. The molecule has 0 radical (unpaired) electrons. The normalized spacial score (nSPS) is 19.9. The molecule has 1 amide bonds. The molecule has 1 fully saturated rings. The minimum Gasteiger partial charge on any atom is -0.319 e. The van der Waals surface area contributed by atoms with Crippen LogP contribution in [0, 0.1) is 5.92 Å². The minimum atomic E-state index is -0.0497. The lowest BCUT2D eigenvalue weighted by atomic mass is 10.1. The third kappa shape index (κ3) is 3.75. The molecule has 6 nitrogen and oxygen atoms in total. The predicted octanol–water partition coefficient (Wildman–Crippen LogP) is -0.0436. The molecule has 1 saturated heterocycles. The van der Waals surface area contributed by atoms with Crippen LogP contribution in [0.1, 0.15) is 6.42 Å². The van der Waals surface area contributed by atoms with E-state index in [9.17, 15) is 4.79 Å². The summed E-state index contributed by atoms with van der Waals surface area (Å²) in [6, 6.07) is 1.72. The van der Waals surface area contributed by atoms with Crippen molar-refractivity contribution >= 4 is 11.9 Å². The first-order valence-electron chi connectivity index (χ1n) is 6.21. The van der Waals surface area contributed by atoms with Crippen LogP contribution in [-0.2, 0) is 4.79 Å². The van der Waals surface area contributed by atoms with Gasteiger partial charge in [0.05, 0.1) is 6.54 Å². The number of hydrogen-bond acceptors (Lipinski definition) is 5. The molecule has 0 bridgehead atoms. The van der Waals surface area contributed by atoms with Gasteiger partial charge in [-0.2, -0.15) is 0 Å². The number of amides is 1. The second-order valence-corrected chi connectivity index (χ2v) is 4.57. The van der Waals surface area contributed by atoms with E-state index < -0.39 is 0 Å². The van der Waals surface area contributed by atoms with Crippen LogP contribution in [0.25, 0.3) is 0 Å². The third-order valence-electron chi connectivity index (χ3n) is 3.05. The summed E-state index contributed by atoms with van der Waals surface area (Å²) in [7, 11) is 1.96. The highest BCUT2D eigenvalue weighted by Gasteiger charge is 2.23. The Labute approximate surface area is 107 Å². The summed E-state index contributed by atoms with van der Waals surface area (Å²) in [5, 5.41) is 5.87. The number of aromatic nitrogens is 2. The summed E-state index contributed by atoms with van der Waals surface area (Å²) < 4.78 is 0.